The van der Waals surface area contributed by atoms with Gasteiger partial charge in [0.25, 0.3) is 11.5 Å². The van der Waals surface area contributed by atoms with Gasteiger partial charge in [-0.25, -0.2) is 9.66 Å². The van der Waals surface area contributed by atoms with Gasteiger partial charge in [-0.2, -0.15) is 0 Å². The molecule has 0 aliphatic carbocycles. The number of allylic oxidation sites excluding steroid dienone is 1. The molecule has 2 aromatic heterocycles. The molecule has 0 aliphatic rings. The van der Waals surface area contributed by atoms with Crippen molar-refractivity contribution in [1.82, 2.24) is 9.66 Å². The van der Waals surface area contributed by atoms with Crippen molar-refractivity contribution in [3.05, 3.63) is 57.0 Å². The molecule has 3 rings (SSSR count). The molecule has 3 aromatic rings. The molecule has 0 fully saturated rings. The summed E-state index contributed by atoms with van der Waals surface area (Å²) in [5.74, 6) is 0.498. The van der Waals surface area contributed by atoms with Crippen LogP contribution in [-0.4, -0.2) is 29.8 Å². The van der Waals surface area contributed by atoms with Crippen molar-refractivity contribution in [2.45, 2.75) is 20.3 Å². The van der Waals surface area contributed by atoms with Crippen LogP contribution in [0.25, 0.3) is 16.3 Å². The summed E-state index contributed by atoms with van der Waals surface area (Å²) in [6.07, 6.45) is 5.80. The molecule has 8 heteroatoms. The maximum atomic E-state index is 12.8. The summed E-state index contributed by atoms with van der Waals surface area (Å²) in [6.45, 7) is 3.88. The van der Waals surface area contributed by atoms with Gasteiger partial charge in [-0.15, -0.1) is 11.3 Å². The molecular formula is C20H21N3O4S. The second-order valence-electron chi connectivity index (χ2n) is 5.95. The van der Waals surface area contributed by atoms with Gasteiger partial charge in [-0.05, 0) is 31.5 Å². The van der Waals surface area contributed by atoms with Crippen LogP contribution < -0.4 is 20.5 Å². The van der Waals surface area contributed by atoms with Crippen molar-refractivity contribution in [3.63, 3.8) is 0 Å². The normalized spacial score (nSPS) is 11.1. The van der Waals surface area contributed by atoms with E-state index in [9.17, 15) is 9.59 Å². The molecule has 0 saturated heterocycles. The van der Waals surface area contributed by atoms with E-state index < -0.39 is 5.91 Å². The molecular weight excluding hydrogens is 378 g/mol. The molecule has 2 heterocycles. The van der Waals surface area contributed by atoms with Crippen LogP contribution in [0.2, 0.25) is 0 Å². The van der Waals surface area contributed by atoms with Crippen molar-refractivity contribution < 1.29 is 14.3 Å². The number of hydrogen-bond acceptors (Lipinski definition) is 6. The predicted molar refractivity (Wildman–Crippen MR) is 111 cm³/mol. The molecule has 0 saturated carbocycles. The van der Waals surface area contributed by atoms with Crippen LogP contribution in [0, 0.1) is 0 Å². The third-order valence-electron chi connectivity index (χ3n) is 4.19. The van der Waals surface area contributed by atoms with Crippen molar-refractivity contribution in [2.75, 3.05) is 19.6 Å². The Bertz CT molecular complexity index is 1110. The van der Waals surface area contributed by atoms with Gasteiger partial charge in [0.1, 0.15) is 11.2 Å². The number of rotatable bonds is 6. The maximum absolute atomic E-state index is 12.8. The van der Waals surface area contributed by atoms with Crippen LogP contribution >= 0.6 is 11.3 Å². The molecule has 0 spiro atoms. The number of nitrogens with one attached hydrogen (secondary N) is 1. The lowest BCUT2D eigenvalue weighted by atomic mass is 10.1. The van der Waals surface area contributed by atoms with E-state index in [-0.39, 0.29) is 5.56 Å². The fourth-order valence-electron chi connectivity index (χ4n) is 2.83. The SMILES string of the molecule is C/C=C/c1cc(C(=O)Nn2cnc3sc(CC)cc3c2=O)cc(OC)c1OC. The average molecular weight is 399 g/mol. The zero-order valence-corrected chi connectivity index (χ0v) is 16.9. The van der Waals surface area contributed by atoms with Crippen LogP contribution in [0.4, 0.5) is 0 Å². The van der Waals surface area contributed by atoms with E-state index in [2.05, 4.69) is 10.4 Å². The Morgan fingerprint density at radius 2 is 2.07 bits per heavy atom. The summed E-state index contributed by atoms with van der Waals surface area (Å²) < 4.78 is 11.8. The highest BCUT2D eigenvalue weighted by atomic mass is 32.1. The van der Waals surface area contributed by atoms with Gasteiger partial charge < -0.3 is 9.47 Å². The monoisotopic (exact) mass is 399 g/mol. The van der Waals surface area contributed by atoms with Gasteiger partial charge in [0.15, 0.2) is 11.5 Å². The number of thiophene rings is 1. The Morgan fingerprint density at radius 1 is 1.29 bits per heavy atom. The zero-order valence-electron chi connectivity index (χ0n) is 16.1. The lowest BCUT2D eigenvalue weighted by molar-refractivity contribution is 0.101. The van der Waals surface area contributed by atoms with Crippen molar-refractivity contribution in [2.24, 2.45) is 0 Å². The van der Waals surface area contributed by atoms with Gasteiger partial charge in [0.2, 0.25) is 0 Å². The summed E-state index contributed by atoms with van der Waals surface area (Å²) in [6, 6.07) is 5.06. The topological polar surface area (TPSA) is 82.5 Å². The van der Waals surface area contributed by atoms with Crippen LogP contribution in [-0.2, 0) is 6.42 Å². The first-order valence-electron chi connectivity index (χ1n) is 8.72. The summed E-state index contributed by atoms with van der Waals surface area (Å²) in [5, 5.41) is 0.492. The minimum Gasteiger partial charge on any atom is -0.493 e. The Hall–Kier alpha value is -3.13. The minimum absolute atomic E-state index is 0.316. The number of carbonyl (C=O) groups is 1. The van der Waals surface area contributed by atoms with Gasteiger partial charge in [0, 0.05) is 16.0 Å². The maximum Gasteiger partial charge on any atom is 0.280 e. The predicted octanol–water partition coefficient (Wildman–Crippen LogP) is 3.45. The molecule has 146 valence electrons. The number of nitrogens with zero attached hydrogens (tertiary/aromatic N) is 2. The highest BCUT2D eigenvalue weighted by molar-refractivity contribution is 7.18. The third kappa shape index (κ3) is 3.63. The van der Waals surface area contributed by atoms with Gasteiger partial charge in [-0.3, -0.25) is 15.0 Å². The highest BCUT2D eigenvalue weighted by Crippen LogP contribution is 2.33. The molecule has 1 amide bonds. The lowest BCUT2D eigenvalue weighted by Crippen LogP contribution is -2.33. The Labute approximate surface area is 166 Å². The first kappa shape index (κ1) is 19.6. The van der Waals surface area contributed by atoms with E-state index >= 15 is 0 Å². The first-order chi connectivity index (χ1) is 13.5. The van der Waals surface area contributed by atoms with E-state index in [4.69, 9.17) is 9.47 Å². The van der Waals surface area contributed by atoms with E-state index in [1.54, 1.807) is 12.1 Å². The number of carbonyl (C=O) groups excluding carboxylic acids is 1. The van der Waals surface area contributed by atoms with Crippen molar-refractivity contribution in [1.29, 1.82) is 0 Å². The van der Waals surface area contributed by atoms with Gasteiger partial charge in [0.05, 0.1) is 19.6 Å². The Balaban J connectivity index is 1.99. The van der Waals surface area contributed by atoms with E-state index in [1.165, 1.54) is 31.9 Å². The van der Waals surface area contributed by atoms with Crippen LogP contribution in [0.5, 0.6) is 11.5 Å². The van der Waals surface area contributed by atoms with E-state index in [0.29, 0.717) is 32.8 Å². The molecule has 7 nitrogen and oxygen atoms in total. The fraction of sp³-hybridized carbons (Fsp3) is 0.250. The molecule has 1 aromatic carbocycles. The molecule has 28 heavy (non-hydrogen) atoms. The van der Waals surface area contributed by atoms with Crippen LogP contribution in [0.1, 0.15) is 34.6 Å². The number of methoxy groups -OCH3 is 2. The zero-order chi connectivity index (χ0) is 20.3. The minimum atomic E-state index is -0.457. The summed E-state index contributed by atoms with van der Waals surface area (Å²) in [7, 11) is 3.04. The lowest BCUT2D eigenvalue weighted by Gasteiger charge is -2.14. The second kappa shape index (κ2) is 8.26. The number of ether oxygens (including phenoxy) is 2. The average Bonchev–Trinajstić information content (AvgIpc) is 3.14. The second-order valence-corrected chi connectivity index (χ2v) is 7.06. The number of fused-ring (bicyclic) bond motifs is 1. The van der Waals surface area contributed by atoms with Crippen molar-refractivity contribution in [3.8, 4) is 11.5 Å². The Kier molecular flexibility index (Phi) is 5.79. The quantitative estimate of drug-likeness (QED) is 0.686. The van der Waals surface area contributed by atoms with E-state index in [1.807, 2.05) is 32.1 Å². The van der Waals surface area contributed by atoms with Crippen LogP contribution in [0.15, 0.2) is 35.4 Å². The largest absolute Gasteiger partial charge is 0.493 e. The Morgan fingerprint density at radius 3 is 2.71 bits per heavy atom. The van der Waals surface area contributed by atoms with Crippen LogP contribution in [0.3, 0.4) is 0 Å². The molecule has 1 N–H and O–H groups in total. The summed E-state index contributed by atoms with van der Waals surface area (Å²) >= 11 is 1.48. The van der Waals surface area contributed by atoms with E-state index in [0.717, 1.165) is 16.0 Å². The fourth-order valence-corrected chi connectivity index (χ4v) is 3.75. The standard InChI is InChI=1S/C20H21N3O4S/c1-5-7-12-8-13(9-16(26-3)17(12)27-4)18(24)22-23-11-21-19-15(20(23)25)10-14(6-2)28-19/h5,7-11H,6H2,1-4H3,(H,22,24)/b7-5+. The molecule has 0 atom stereocenters. The molecule has 0 unspecified atom stereocenters. The summed E-state index contributed by atoms with van der Waals surface area (Å²) in [4.78, 5) is 31.5. The molecule has 0 aliphatic heterocycles. The summed E-state index contributed by atoms with van der Waals surface area (Å²) in [5.41, 5.74) is 3.30. The third-order valence-corrected chi connectivity index (χ3v) is 5.38. The smallest absolute Gasteiger partial charge is 0.280 e. The van der Waals surface area contributed by atoms with Gasteiger partial charge >= 0.3 is 0 Å². The number of amides is 1. The van der Waals surface area contributed by atoms with Crippen molar-refractivity contribution >= 4 is 33.5 Å². The number of aromatic nitrogens is 2. The first-order valence-corrected chi connectivity index (χ1v) is 9.54. The molecule has 0 bridgehead atoms. The number of aryl methyl sites for hydroxylation is 1. The highest BCUT2D eigenvalue weighted by Gasteiger charge is 2.16. The number of hydrogen-bond donors (Lipinski definition) is 1. The van der Waals surface area contributed by atoms with Gasteiger partial charge in [-0.1, -0.05) is 19.1 Å². The number of benzene rings is 1. The molecule has 0 radical (unpaired) electrons.